The van der Waals surface area contributed by atoms with Gasteiger partial charge in [-0.3, -0.25) is 0 Å². The van der Waals surface area contributed by atoms with Crippen molar-refractivity contribution >= 4 is 16.3 Å². The van der Waals surface area contributed by atoms with Crippen molar-refractivity contribution in [1.29, 1.82) is 0 Å². The van der Waals surface area contributed by atoms with E-state index in [-0.39, 0.29) is 11.2 Å². The Bertz CT molecular complexity index is 878. The van der Waals surface area contributed by atoms with Gasteiger partial charge in [0.1, 0.15) is 10.8 Å². The van der Waals surface area contributed by atoms with Gasteiger partial charge >= 0.3 is 0 Å². The zero-order valence-corrected chi connectivity index (χ0v) is 13.9. The van der Waals surface area contributed by atoms with Crippen LogP contribution in [-0.2, 0) is 10.2 Å². The van der Waals surface area contributed by atoms with Gasteiger partial charge in [0.05, 0.1) is 5.41 Å². The maximum Gasteiger partial charge on any atom is 0.234 e. The molecular weight excluding hydrogens is 327 g/mol. The van der Waals surface area contributed by atoms with Crippen molar-refractivity contribution in [2.45, 2.75) is 37.0 Å². The summed E-state index contributed by atoms with van der Waals surface area (Å²) in [5.74, 6) is 1.27. The van der Waals surface area contributed by atoms with E-state index in [9.17, 15) is 4.39 Å². The zero-order valence-electron chi connectivity index (χ0n) is 13.1. The molecule has 1 aliphatic heterocycles. The minimum atomic E-state index is -0.224. The van der Waals surface area contributed by atoms with Gasteiger partial charge in [-0.05, 0) is 43.4 Å². The van der Waals surface area contributed by atoms with E-state index >= 15 is 0 Å². The predicted octanol–water partition coefficient (Wildman–Crippen LogP) is 3.30. The minimum Gasteiger partial charge on any atom is -0.381 e. The Hall–Kier alpha value is -1.86. The van der Waals surface area contributed by atoms with Crippen LogP contribution in [0.5, 0.6) is 0 Å². The molecule has 5 rings (SSSR count). The van der Waals surface area contributed by atoms with E-state index in [2.05, 4.69) is 10.2 Å². The number of benzene rings is 1. The van der Waals surface area contributed by atoms with Gasteiger partial charge in [-0.2, -0.15) is 9.61 Å². The largest absolute Gasteiger partial charge is 0.381 e. The van der Waals surface area contributed by atoms with Gasteiger partial charge in [-0.25, -0.2) is 4.39 Å². The van der Waals surface area contributed by atoms with Gasteiger partial charge in [-0.15, -0.1) is 10.2 Å². The maximum absolute atomic E-state index is 13.4. The fourth-order valence-corrected chi connectivity index (χ4v) is 4.65. The van der Waals surface area contributed by atoms with Gasteiger partial charge in [0.2, 0.25) is 4.96 Å². The lowest BCUT2D eigenvalue weighted by atomic mass is 9.75. The standard InChI is InChI=1S/C17H17FN4OS/c18-13-5-3-12(4-6-13)17(7-9-23-10-8-17)15-21-22-14(11-1-2-11)19-20-16(22)24-15/h3-6,11H,1-2,7-10H2. The number of ether oxygens (including phenoxy) is 1. The summed E-state index contributed by atoms with van der Waals surface area (Å²) in [5.41, 5.74) is 0.878. The summed E-state index contributed by atoms with van der Waals surface area (Å²) >= 11 is 1.60. The number of rotatable bonds is 3. The van der Waals surface area contributed by atoms with Crippen LogP contribution in [0.2, 0.25) is 0 Å². The Kier molecular flexibility index (Phi) is 3.21. The first kappa shape index (κ1) is 14.5. The molecule has 24 heavy (non-hydrogen) atoms. The Balaban J connectivity index is 1.65. The van der Waals surface area contributed by atoms with Crippen molar-refractivity contribution in [2.75, 3.05) is 13.2 Å². The molecule has 0 amide bonds. The zero-order chi connectivity index (χ0) is 16.1. The summed E-state index contributed by atoms with van der Waals surface area (Å²) in [4.78, 5) is 0.847. The third-order valence-electron chi connectivity index (χ3n) is 5.11. The Morgan fingerprint density at radius 1 is 1.12 bits per heavy atom. The highest BCUT2D eigenvalue weighted by Crippen LogP contribution is 2.44. The van der Waals surface area contributed by atoms with E-state index in [0.717, 1.165) is 34.2 Å². The van der Waals surface area contributed by atoms with Crippen molar-refractivity contribution in [3.8, 4) is 0 Å². The fourth-order valence-electron chi connectivity index (χ4n) is 3.54. The van der Waals surface area contributed by atoms with E-state index in [0.29, 0.717) is 19.1 Å². The van der Waals surface area contributed by atoms with Gasteiger partial charge in [0.25, 0.3) is 0 Å². The SMILES string of the molecule is Fc1ccc(C2(c3nn4c(C5CC5)nnc4s3)CCOCC2)cc1. The van der Waals surface area contributed by atoms with Crippen molar-refractivity contribution in [2.24, 2.45) is 0 Å². The smallest absolute Gasteiger partial charge is 0.234 e. The molecular formula is C17H17FN4OS. The lowest BCUT2D eigenvalue weighted by Crippen LogP contribution is -2.35. The number of nitrogens with zero attached hydrogens (tertiary/aromatic N) is 4. The number of hydrogen-bond acceptors (Lipinski definition) is 5. The highest BCUT2D eigenvalue weighted by atomic mass is 32.1. The minimum absolute atomic E-state index is 0.213. The molecule has 1 saturated carbocycles. The van der Waals surface area contributed by atoms with Crippen LogP contribution in [-0.4, -0.2) is 33.0 Å². The van der Waals surface area contributed by atoms with Crippen LogP contribution >= 0.6 is 11.3 Å². The molecule has 0 bridgehead atoms. The molecule has 2 aromatic heterocycles. The molecule has 2 aliphatic rings. The summed E-state index contributed by atoms with van der Waals surface area (Å²) < 4.78 is 20.9. The highest BCUT2D eigenvalue weighted by Gasteiger charge is 2.40. The van der Waals surface area contributed by atoms with E-state index < -0.39 is 0 Å². The molecule has 0 unspecified atom stereocenters. The molecule has 1 aliphatic carbocycles. The first-order chi connectivity index (χ1) is 11.8. The average Bonchev–Trinajstić information content (AvgIpc) is 3.23. The third kappa shape index (κ3) is 2.18. The predicted molar refractivity (Wildman–Crippen MR) is 87.9 cm³/mol. The molecule has 7 heteroatoms. The Morgan fingerprint density at radius 3 is 2.58 bits per heavy atom. The second kappa shape index (κ2) is 5.32. The second-order valence-corrected chi connectivity index (χ2v) is 7.59. The molecule has 0 spiro atoms. The van der Waals surface area contributed by atoms with Crippen molar-refractivity contribution in [1.82, 2.24) is 19.8 Å². The summed E-state index contributed by atoms with van der Waals surface area (Å²) in [7, 11) is 0. The Morgan fingerprint density at radius 2 is 1.88 bits per heavy atom. The van der Waals surface area contributed by atoms with Crippen LogP contribution in [0.4, 0.5) is 4.39 Å². The van der Waals surface area contributed by atoms with Crippen LogP contribution in [0.1, 0.15) is 48.0 Å². The highest BCUT2D eigenvalue weighted by molar-refractivity contribution is 7.16. The maximum atomic E-state index is 13.4. The van der Waals surface area contributed by atoms with Crippen LogP contribution < -0.4 is 0 Å². The van der Waals surface area contributed by atoms with E-state index in [1.165, 1.54) is 25.0 Å². The lowest BCUT2D eigenvalue weighted by molar-refractivity contribution is 0.0627. The van der Waals surface area contributed by atoms with Crippen molar-refractivity contribution in [3.63, 3.8) is 0 Å². The van der Waals surface area contributed by atoms with Gasteiger partial charge in [0.15, 0.2) is 5.82 Å². The number of aromatic nitrogens is 4. The summed E-state index contributed by atoms with van der Waals surface area (Å²) in [6.45, 7) is 1.38. The number of fused-ring (bicyclic) bond motifs is 1. The van der Waals surface area contributed by atoms with Crippen molar-refractivity contribution < 1.29 is 9.13 Å². The molecule has 124 valence electrons. The van der Waals surface area contributed by atoms with E-state index in [1.807, 2.05) is 16.6 Å². The fraction of sp³-hybridized carbons (Fsp3) is 0.471. The number of halogens is 1. The van der Waals surface area contributed by atoms with Gasteiger partial charge in [0, 0.05) is 19.1 Å². The molecule has 0 N–H and O–H groups in total. The molecule has 1 saturated heterocycles. The molecule has 0 radical (unpaired) electrons. The van der Waals surface area contributed by atoms with Crippen LogP contribution in [0, 0.1) is 5.82 Å². The first-order valence-corrected chi connectivity index (χ1v) is 9.14. The lowest BCUT2D eigenvalue weighted by Gasteiger charge is -2.35. The van der Waals surface area contributed by atoms with E-state index in [1.54, 1.807) is 11.3 Å². The number of hydrogen-bond donors (Lipinski definition) is 0. The second-order valence-electron chi connectivity index (χ2n) is 6.64. The van der Waals surface area contributed by atoms with Crippen LogP contribution in [0.15, 0.2) is 24.3 Å². The molecule has 0 atom stereocenters. The molecule has 5 nitrogen and oxygen atoms in total. The molecule has 1 aromatic carbocycles. The quantitative estimate of drug-likeness (QED) is 0.731. The molecule has 3 aromatic rings. The molecule has 3 heterocycles. The van der Waals surface area contributed by atoms with Crippen LogP contribution in [0.25, 0.3) is 4.96 Å². The third-order valence-corrected chi connectivity index (χ3v) is 6.21. The summed E-state index contributed by atoms with van der Waals surface area (Å²) in [6.07, 6.45) is 4.04. The summed E-state index contributed by atoms with van der Waals surface area (Å²) in [5, 5.41) is 14.5. The topological polar surface area (TPSA) is 52.3 Å². The van der Waals surface area contributed by atoms with E-state index in [4.69, 9.17) is 9.84 Å². The summed E-state index contributed by atoms with van der Waals surface area (Å²) in [6, 6.07) is 6.82. The first-order valence-electron chi connectivity index (χ1n) is 8.33. The Labute approximate surface area is 142 Å². The van der Waals surface area contributed by atoms with Gasteiger partial charge in [-0.1, -0.05) is 23.5 Å². The van der Waals surface area contributed by atoms with Crippen molar-refractivity contribution in [3.05, 3.63) is 46.5 Å². The average molecular weight is 344 g/mol. The molecule has 2 fully saturated rings. The monoisotopic (exact) mass is 344 g/mol. The normalized spacial score (nSPS) is 20.5. The van der Waals surface area contributed by atoms with Crippen LogP contribution in [0.3, 0.4) is 0 Å². The van der Waals surface area contributed by atoms with Gasteiger partial charge < -0.3 is 4.74 Å².